The van der Waals surface area contributed by atoms with Crippen LogP contribution in [-0.4, -0.2) is 36.7 Å². The molecule has 0 atom stereocenters. The normalized spacial score (nSPS) is 17.8. The minimum Gasteiger partial charge on any atom is -0.450 e. The highest BCUT2D eigenvalue weighted by Gasteiger charge is 2.23. The van der Waals surface area contributed by atoms with E-state index in [1.165, 1.54) is 12.1 Å². The number of nitrogens with one attached hydrogen (secondary N) is 2. The smallest absolute Gasteiger partial charge is 0.407 e. The maximum Gasteiger partial charge on any atom is 0.407 e. The van der Waals surface area contributed by atoms with E-state index < -0.39 is 0 Å². The molecule has 1 saturated carbocycles. The van der Waals surface area contributed by atoms with Crippen LogP contribution in [0.2, 0.25) is 0 Å². The van der Waals surface area contributed by atoms with Gasteiger partial charge in [-0.25, -0.2) is 14.2 Å². The van der Waals surface area contributed by atoms with Crippen molar-refractivity contribution in [2.75, 3.05) is 19.7 Å². The maximum atomic E-state index is 13.4. The average Bonchev–Trinajstić information content (AvgIpc) is 2.86. The number of hydrogen-bond donors (Lipinski definition) is 2. The number of hydrogen-bond acceptors (Lipinski definition) is 4. The lowest BCUT2D eigenvalue weighted by Crippen LogP contribution is -2.34. The van der Waals surface area contributed by atoms with Crippen LogP contribution < -0.4 is 10.6 Å². The average molecular weight is 464 g/mol. The van der Waals surface area contributed by atoms with E-state index in [1.54, 1.807) is 25.1 Å². The van der Waals surface area contributed by atoms with Gasteiger partial charge >= 0.3 is 6.09 Å². The molecule has 1 heterocycles. The Morgan fingerprint density at radius 3 is 2.29 bits per heavy atom. The van der Waals surface area contributed by atoms with Gasteiger partial charge in [-0.05, 0) is 80.8 Å². The SMILES string of the molecule is CCOC(=O)NCC1CCC(CNC(=O)c2cc(-c3ccc(F)cc3)nc3ccccc23)CC1. The summed E-state index contributed by atoms with van der Waals surface area (Å²) < 4.78 is 18.3. The standard InChI is InChI=1S/C27H30FN3O3/c1-2-34-27(33)30-17-19-9-7-18(8-10-19)16-29-26(32)23-15-25(20-11-13-21(28)14-12-20)31-24-6-4-3-5-22(23)24/h3-6,11-15,18-19H,2,7-10,16-17H2,1H3,(H,29,32)(H,30,33). The predicted molar refractivity (Wildman–Crippen MR) is 130 cm³/mol. The van der Waals surface area contributed by atoms with Crippen molar-refractivity contribution < 1.29 is 18.7 Å². The van der Waals surface area contributed by atoms with Crippen molar-refractivity contribution in [3.63, 3.8) is 0 Å². The number of fused-ring (bicyclic) bond motifs is 1. The van der Waals surface area contributed by atoms with Gasteiger partial charge in [0.05, 0.1) is 23.4 Å². The van der Waals surface area contributed by atoms with E-state index in [9.17, 15) is 14.0 Å². The largest absolute Gasteiger partial charge is 0.450 e. The number of alkyl carbamates (subject to hydrolysis) is 1. The predicted octanol–water partition coefficient (Wildman–Crippen LogP) is 5.32. The number of carbonyl (C=O) groups is 2. The van der Waals surface area contributed by atoms with Crippen LogP contribution in [-0.2, 0) is 4.74 Å². The first-order valence-corrected chi connectivity index (χ1v) is 11.9. The molecule has 2 amide bonds. The maximum absolute atomic E-state index is 13.4. The van der Waals surface area contributed by atoms with E-state index in [0.717, 1.165) is 42.1 Å². The van der Waals surface area contributed by atoms with Crippen molar-refractivity contribution in [1.82, 2.24) is 15.6 Å². The number of aromatic nitrogens is 1. The molecule has 3 aromatic rings. The molecule has 1 aliphatic carbocycles. The Bertz CT molecular complexity index is 1140. The molecule has 2 aromatic carbocycles. The fourth-order valence-corrected chi connectivity index (χ4v) is 4.51. The summed E-state index contributed by atoms with van der Waals surface area (Å²) in [6, 6.07) is 15.5. The molecule has 0 spiro atoms. The lowest BCUT2D eigenvalue weighted by atomic mass is 9.82. The van der Waals surface area contributed by atoms with Gasteiger partial charge in [0.15, 0.2) is 0 Å². The van der Waals surface area contributed by atoms with Crippen molar-refractivity contribution in [3.05, 3.63) is 66.0 Å². The van der Waals surface area contributed by atoms with Gasteiger partial charge in [-0.1, -0.05) is 18.2 Å². The fraction of sp³-hybridized carbons (Fsp3) is 0.370. The van der Waals surface area contributed by atoms with E-state index >= 15 is 0 Å². The molecule has 6 nitrogen and oxygen atoms in total. The number of rotatable bonds is 7. The summed E-state index contributed by atoms with van der Waals surface area (Å²) >= 11 is 0. The third kappa shape index (κ3) is 5.90. The number of para-hydroxylation sites is 1. The molecule has 2 N–H and O–H groups in total. The van der Waals surface area contributed by atoms with E-state index in [0.29, 0.717) is 42.8 Å². The second kappa shape index (κ2) is 11.1. The molecule has 0 saturated heterocycles. The fourth-order valence-electron chi connectivity index (χ4n) is 4.51. The van der Waals surface area contributed by atoms with Crippen molar-refractivity contribution in [2.45, 2.75) is 32.6 Å². The molecular formula is C27H30FN3O3. The number of nitrogens with zero attached hydrogens (tertiary/aromatic N) is 1. The van der Waals surface area contributed by atoms with Gasteiger partial charge in [-0.2, -0.15) is 0 Å². The summed E-state index contributed by atoms with van der Waals surface area (Å²) in [4.78, 5) is 29.3. The van der Waals surface area contributed by atoms with Crippen molar-refractivity contribution in [3.8, 4) is 11.3 Å². The lowest BCUT2D eigenvalue weighted by molar-refractivity contribution is 0.0942. The molecule has 0 unspecified atom stereocenters. The van der Waals surface area contributed by atoms with E-state index in [2.05, 4.69) is 15.6 Å². The zero-order valence-electron chi connectivity index (χ0n) is 19.4. The van der Waals surface area contributed by atoms with Crippen LogP contribution in [0.4, 0.5) is 9.18 Å². The third-order valence-electron chi connectivity index (χ3n) is 6.43. The number of halogens is 1. The van der Waals surface area contributed by atoms with Crippen LogP contribution in [0.15, 0.2) is 54.6 Å². The Balaban J connectivity index is 1.39. The van der Waals surface area contributed by atoms with Crippen molar-refractivity contribution >= 4 is 22.9 Å². The summed E-state index contributed by atoms with van der Waals surface area (Å²) in [7, 11) is 0. The molecule has 4 rings (SSSR count). The highest BCUT2D eigenvalue weighted by Crippen LogP contribution is 2.29. The van der Waals surface area contributed by atoms with Crippen molar-refractivity contribution in [1.29, 1.82) is 0 Å². The van der Waals surface area contributed by atoms with Gasteiger partial charge in [0.1, 0.15) is 5.82 Å². The Morgan fingerprint density at radius 1 is 0.971 bits per heavy atom. The van der Waals surface area contributed by atoms with Gasteiger partial charge in [-0.3, -0.25) is 4.79 Å². The Morgan fingerprint density at radius 2 is 1.62 bits per heavy atom. The molecule has 7 heteroatoms. The van der Waals surface area contributed by atoms with Crippen LogP contribution >= 0.6 is 0 Å². The number of carbonyl (C=O) groups excluding carboxylic acids is 2. The second-order valence-corrected chi connectivity index (χ2v) is 8.78. The lowest BCUT2D eigenvalue weighted by Gasteiger charge is -2.28. The zero-order valence-corrected chi connectivity index (χ0v) is 19.4. The van der Waals surface area contributed by atoms with Crippen LogP contribution in [0.5, 0.6) is 0 Å². The molecular weight excluding hydrogens is 433 g/mol. The van der Waals surface area contributed by atoms with E-state index in [-0.39, 0.29) is 17.8 Å². The quantitative estimate of drug-likeness (QED) is 0.497. The Hall–Kier alpha value is -3.48. The Labute approximate surface area is 198 Å². The van der Waals surface area contributed by atoms with Gasteiger partial charge in [0, 0.05) is 24.0 Å². The van der Waals surface area contributed by atoms with E-state index in [4.69, 9.17) is 4.74 Å². The number of pyridine rings is 1. The topological polar surface area (TPSA) is 80.3 Å². The first kappa shape index (κ1) is 23.7. The minimum absolute atomic E-state index is 0.131. The molecule has 0 bridgehead atoms. The van der Waals surface area contributed by atoms with Gasteiger partial charge in [0.2, 0.25) is 0 Å². The molecule has 0 radical (unpaired) electrons. The summed E-state index contributed by atoms with van der Waals surface area (Å²) in [6.07, 6.45) is 3.68. The number of benzene rings is 2. The molecule has 1 aliphatic rings. The monoisotopic (exact) mass is 463 g/mol. The highest BCUT2D eigenvalue weighted by atomic mass is 19.1. The summed E-state index contributed by atoms with van der Waals surface area (Å²) in [6.45, 7) is 3.40. The van der Waals surface area contributed by atoms with Crippen molar-refractivity contribution in [2.24, 2.45) is 11.8 Å². The minimum atomic E-state index is -0.360. The van der Waals surface area contributed by atoms with Crippen LogP contribution in [0, 0.1) is 17.7 Å². The number of ether oxygens (including phenoxy) is 1. The molecule has 1 fully saturated rings. The summed E-state index contributed by atoms with van der Waals surface area (Å²) in [5.74, 6) is 0.410. The third-order valence-corrected chi connectivity index (χ3v) is 6.43. The molecule has 34 heavy (non-hydrogen) atoms. The molecule has 178 valence electrons. The second-order valence-electron chi connectivity index (χ2n) is 8.78. The van der Waals surface area contributed by atoms with Crippen LogP contribution in [0.3, 0.4) is 0 Å². The zero-order chi connectivity index (χ0) is 23.9. The molecule has 1 aromatic heterocycles. The Kier molecular flexibility index (Phi) is 7.72. The first-order chi connectivity index (χ1) is 16.5. The molecule has 0 aliphatic heterocycles. The van der Waals surface area contributed by atoms with Crippen LogP contribution in [0.1, 0.15) is 43.0 Å². The van der Waals surface area contributed by atoms with Gasteiger partial charge in [-0.15, -0.1) is 0 Å². The van der Waals surface area contributed by atoms with Crippen LogP contribution in [0.25, 0.3) is 22.2 Å². The first-order valence-electron chi connectivity index (χ1n) is 11.9. The summed E-state index contributed by atoms with van der Waals surface area (Å²) in [5.41, 5.74) is 2.69. The number of amides is 2. The van der Waals surface area contributed by atoms with Gasteiger partial charge < -0.3 is 15.4 Å². The van der Waals surface area contributed by atoms with Gasteiger partial charge in [0.25, 0.3) is 5.91 Å². The highest BCUT2D eigenvalue weighted by molar-refractivity contribution is 6.07. The summed E-state index contributed by atoms with van der Waals surface area (Å²) in [5, 5.41) is 6.73. The van der Waals surface area contributed by atoms with E-state index in [1.807, 2.05) is 24.3 Å².